The van der Waals surface area contributed by atoms with Crippen LogP contribution in [-0.4, -0.2) is 31.3 Å². The lowest BCUT2D eigenvalue weighted by Crippen LogP contribution is -2.54. The van der Waals surface area contributed by atoms with Crippen molar-refractivity contribution < 1.29 is 9.53 Å². The van der Waals surface area contributed by atoms with Crippen LogP contribution in [0.5, 0.6) is 0 Å². The molecule has 2 saturated heterocycles. The average Bonchev–Trinajstić information content (AvgIpc) is 2.37. The number of ether oxygens (including phenoxy) is 1. The minimum atomic E-state index is -0.264. The average molecular weight is 193 g/mol. The van der Waals surface area contributed by atoms with Gasteiger partial charge in [0.1, 0.15) is 0 Å². The topological polar surface area (TPSA) is 50.4 Å². The molecule has 70 valence electrons. The molecule has 0 aromatic carbocycles. The summed E-state index contributed by atoms with van der Waals surface area (Å²) in [4.78, 5) is 10.9. The van der Waals surface area contributed by atoms with Crippen LogP contribution in [0.3, 0.4) is 0 Å². The third kappa shape index (κ3) is 1.64. The second kappa shape index (κ2) is 3.49. The van der Waals surface area contributed by atoms with E-state index in [0.717, 1.165) is 25.9 Å². The fraction of sp³-hybridized carbons (Fsp3) is 0.857. The molecule has 1 amide bonds. The van der Waals surface area contributed by atoms with Crippen LogP contribution < -0.4 is 10.6 Å². The number of cyclic esters (lactones) is 1. The maximum absolute atomic E-state index is 10.9. The molecule has 2 heterocycles. The minimum Gasteiger partial charge on any atom is -0.449 e. The van der Waals surface area contributed by atoms with Crippen LogP contribution in [0.15, 0.2) is 0 Å². The molecule has 12 heavy (non-hydrogen) atoms. The van der Waals surface area contributed by atoms with Gasteiger partial charge in [0.25, 0.3) is 0 Å². The summed E-state index contributed by atoms with van der Waals surface area (Å²) in [5, 5.41) is 6.10. The Morgan fingerprint density at radius 3 is 2.83 bits per heavy atom. The van der Waals surface area contributed by atoms with E-state index in [2.05, 4.69) is 10.6 Å². The smallest absolute Gasteiger partial charge is 0.407 e. The van der Waals surface area contributed by atoms with E-state index in [4.69, 9.17) is 4.74 Å². The Labute approximate surface area is 77.4 Å². The van der Waals surface area contributed by atoms with E-state index in [0.29, 0.717) is 6.61 Å². The van der Waals surface area contributed by atoms with Gasteiger partial charge in [0.2, 0.25) is 0 Å². The molecule has 2 fully saturated rings. The highest BCUT2D eigenvalue weighted by Gasteiger charge is 2.38. The highest BCUT2D eigenvalue weighted by atomic mass is 35.5. The first-order chi connectivity index (χ1) is 5.31. The molecule has 1 unspecified atom stereocenters. The van der Waals surface area contributed by atoms with Crippen molar-refractivity contribution in [3.8, 4) is 0 Å². The Kier molecular flexibility index (Phi) is 2.80. The Hall–Kier alpha value is -0.480. The quantitative estimate of drug-likeness (QED) is 0.580. The van der Waals surface area contributed by atoms with E-state index in [1.807, 2.05) is 0 Å². The molecule has 5 heteroatoms. The second-order valence-corrected chi connectivity index (χ2v) is 3.22. The van der Waals surface area contributed by atoms with E-state index in [1.54, 1.807) is 0 Å². The summed E-state index contributed by atoms with van der Waals surface area (Å²) in [7, 11) is 0. The van der Waals surface area contributed by atoms with Gasteiger partial charge >= 0.3 is 6.09 Å². The van der Waals surface area contributed by atoms with Crippen LogP contribution >= 0.6 is 12.4 Å². The molecular weight excluding hydrogens is 180 g/mol. The Bertz CT molecular complexity index is 180. The molecular formula is C7H13ClN2O2. The predicted molar refractivity (Wildman–Crippen MR) is 46.6 cm³/mol. The zero-order chi connectivity index (χ0) is 7.73. The molecule has 0 aromatic heterocycles. The molecule has 0 radical (unpaired) electrons. The number of carbonyl (C=O) groups is 1. The van der Waals surface area contributed by atoms with Gasteiger partial charge in [0, 0.05) is 13.0 Å². The van der Waals surface area contributed by atoms with Crippen LogP contribution in [0.25, 0.3) is 0 Å². The van der Waals surface area contributed by atoms with E-state index < -0.39 is 0 Å². The molecule has 0 bridgehead atoms. The van der Waals surface area contributed by atoms with Crippen molar-refractivity contribution in [2.75, 3.05) is 19.7 Å². The van der Waals surface area contributed by atoms with Gasteiger partial charge in [0.15, 0.2) is 0 Å². The van der Waals surface area contributed by atoms with Gasteiger partial charge in [-0.05, 0) is 13.0 Å². The van der Waals surface area contributed by atoms with Crippen molar-refractivity contribution in [2.24, 2.45) is 0 Å². The zero-order valence-electron chi connectivity index (χ0n) is 6.76. The lowest BCUT2D eigenvalue weighted by atomic mass is 9.94. The Morgan fingerprint density at radius 1 is 1.42 bits per heavy atom. The predicted octanol–water partition coefficient (Wildman–Crippen LogP) is 0.270. The fourth-order valence-electron chi connectivity index (χ4n) is 1.72. The summed E-state index contributed by atoms with van der Waals surface area (Å²) in [5.41, 5.74) is 0.00926. The van der Waals surface area contributed by atoms with Crippen LogP contribution in [0.2, 0.25) is 0 Å². The van der Waals surface area contributed by atoms with E-state index >= 15 is 0 Å². The van der Waals surface area contributed by atoms with Crippen molar-refractivity contribution in [1.29, 1.82) is 0 Å². The molecule has 0 aromatic rings. The van der Waals surface area contributed by atoms with Gasteiger partial charge < -0.3 is 15.4 Å². The first kappa shape index (κ1) is 9.61. The van der Waals surface area contributed by atoms with E-state index in [-0.39, 0.29) is 24.0 Å². The largest absolute Gasteiger partial charge is 0.449 e. The number of alkyl carbamates (subject to hydrolysis) is 1. The molecule has 0 aliphatic carbocycles. The van der Waals surface area contributed by atoms with Gasteiger partial charge in [-0.15, -0.1) is 12.4 Å². The maximum Gasteiger partial charge on any atom is 0.407 e. The Balaban J connectivity index is 0.000000720. The third-order valence-corrected chi connectivity index (χ3v) is 2.42. The zero-order valence-corrected chi connectivity index (χ0v) is 7.58. The number of carbonyl (C=O) groups excluding carboxylic acids is 1. The van der Waals surface area contributed by atoms with Crippen molar-refractivity contribution >= 4 is 18.5 Å². The van der Waals surface area contributed by atoms with Gasteiger partial charge in [0.05, 0.1) is 12.1 Å². The third-order valence-electron chi connectivity index (χ3n) is 2.42. The first-order valence-electron chi connectivity index (χ1n) is 3.96. The number of nitrogens with one attached hydrogen (secondary N) is 2. The minimum absolute atomic E-state index is 0. The summed E-state index contributed by atoms with van der Waals surface area (Å²) in [6.45, 7) is 2.45. The second-order valence-electron chi connectivity index (χ2n) is 3.22. The summed E-state index contributed by atoms with van der Waals surface area (Å²) in [5.74, 6) is 0. The molecule has 2 N–H and O–H groups in total. The molecule has 0 saturated carbocycles. The first-order valence-corrected chi connectivity index (χ1v) is 3.96. The monoisotopic (exact) mass is 192 g/mol. The fourth-order valence-corrected chi connectivity index (χ4v) is 1.72. The molecule has 1 spiro atoms. The molecule has 2 rings (SSSR count). The summed E-state index contributed by atoms with van der Waals surface area (Å²) < 4.78 is 4.79. The van der Waals surface area contributed by atoms with Gasteiger partial charge in [-0.2, -0.15) is 0 Å². The van der Waals surface area contributed by atoms with Crippen molar-refractivity contribution in [1.82, 2.24) is 10.6 Å². The molecule has 2 aliphatic rings. The summed E-state index contributed by atoms with van der Waals surface area (Å²) >= 11 is 0. The Morgan fingerprint density at radius 2 is 2.25 bits per heavy atom. The van der Waals surface area contributed by atoms with Gasteiger partial charge in [-0.1, -0.05) is 0 Å². The number of halogens is 1. The number of hydrogen-bond donors (Lipinski definition) is 2. The molecule has 4 nitrogen and oxygen atoms in total. The van der Waals surface area contributed by atoms with Crippen LogP contribution in [-0.2, 0) is 4.74 Å². The highest BCUT2D eigenvalue weighted by Crippen LogP contribution is 2.21. The lowest BCUT2D eigenvalue weighted by molar-refractivity contribution is 0.0924. The van der Waals surface area contributed by atoms with E-state index in [1.165, 1.54) is 0 Å². The number of amides is 1. The standard InChI is InChI=1S/C7H12N2O2.ClH/c10-6-9-7(2-4-11-6)1-3-8-5-7;/h8H,1-5H2,(H,9,10);1H. The maximum atomic E-state index is 10.9. The number of hydrogen-bond acceptors (Lipinski definition) is 3. The SMILES string of the molecule is Cl.O=C1NC2(CCNC2)CCO1. The van der Waals surface area contributed by atoms with Gasteiger partial charge in [-0.25, -0.2) is 4.79 Å². The van der Waals surface area contributed by atoms with E-state index in [9.17, 15) is 4.79 Å². The normalized spacial score (nSPS) is 33.8. The van der Waals surface area contributed by atoms with Gasteiger partial charge in [-0.3, -0.25) is 0 Å². The molecule has 2 aliphatic heterocycles. The van der Waals surface area contributed by atoms with Crippen LogP contribution in [0.1, 0.15) is 12.8 Å². The summed E-state index contributed by atoms with van der Waals surface area (Å²) in [6, 6.07) is 0. The molecule has 1 atom stereocenters. The highest BCUT2D eigenvalue weighted by molar-refractivity contribution is 5.85. The van der Waals surface area contributed by atoms with Crippen LogP contribution in [0.4, 0.5) is 4.79 Å². The van der Waals surface area contributed by atoms with Crippen molar-refractivity contribution in [3.63, 3.8) is 0 Å². The van der Waals surface area contributed by atoms with Crippen molar-refractivity contribution in [2.45, 2.75) is 18.4 Å². The number of rotatable bonds is 0. The van der Waals surface area contributed by atoms with Crippen LogP contribution in [0, 0.1) is 0 Å². The van der Waals surface area contributed by atoms with Crippen molar-refractivity contribution in [3.05, 3.63) is 0 Å². The lowest BCUT2D eigenvalue weighted by Gasteiger charge is -2.32. The summed E-state index contributed by atoms with van der Waals surface area (Å²) in [6.07, 6.45) is 1.70.